The van der Waals surface area contributed by atoms with Crippen LogP contribution in [0.4, 0.5) is 0 Å². The van der Waals surface area contributed by atoms with Gasteiger partial charge in [-0.15, -0.1) is 0 Å². The van der Waals surface area contributed by atoms with Gasteiger partial charge in [-0.25, -0.2) is 0 Å². The van der Waals surface area contributed by atoms with Gasteiger partial charge < -0.3 is 4.90 Å². The Morgan fingerprint density at radius 1 is 0.950 bits per heavy atom. The molecular weight excluding hydrogens is 242 g/mol. The van der Waals surface area contributed by atoms with Gasteiger partial charge in [-0.3, -0.25) is 0 Å². The molecule has 0 unspecified atom stereocenters. The summed E-state index contributed by atoms with van der Waals surface area (Å²) >= 11 is 0. The average Bonchev–Trinajstić information content (AvgIpc) is 2.47. The molecule has 0 saturated carbocycles. The maximum atomic E-state index is 2.39. The van der Waals surface area contributed by atoms with Crippen molar-refractivity contribution in [3.8, 4) is 11.1 Å². The summed E-state index contributed by atoms with van der Waals surface area (Å²) < 4.78 is 0. The molecule has 3 rings (SSSR count). The quantitative estimate of drug-likeness (QED) is 0.800. The van der Waals surface area contributed by atoms with Gasteiger partial charge in [0, 0.05) is 6.54 Å². The molecule has 1 aliphatic carbocycles. The molecule has 0 saturated heterocycles. The number of benzene rings is 2. The van der Waals surface area contributed by atoms with E-state index in [4.69, 9.17) is 0 Å². The fourth-order valence-electron chi connectivity index (χ4n) is 2.93. The van der Waals surface area contributed by atoms with Gasteiger partial charge in [0.2, 0.25) is 0 Å². The van der Waals surface area contributed by atoms with Crippen molar-refractivity contribution in [3.05, 3.63) is 65.7 Å². The third-order valence-corrected chi connectivity index (χ3v) is 3.85. The molecule has 0 atom stereocenters. The lowest BCUT2D eigenvalue weighted by molar-refractivity contribution is 0.462. The molecule has 0 N–H and O–H groups in total. The number of allylic oxidation sites excluding steroid dienone is 1. The third-order valence-electron chi connectivity index (χ3n) is 3.85. The minimum absolute atomic E-state index is 1.03. The summed E-state index contributed by atoms with van der Waals surface area (Å²) in [6.07, 6.45) is 4.71. The standard InChI is InChI=1S/C19H21N/c1-20(2)14-18-10-6-9-17-13-16(11-12-19(17)18)15-7-4-3-5-8-15/h3-5,7-8,10-13H,6,9,14H2,1-2H3. The van der Waals surface area contributed by atoms with Crippen LogP contribution in [0.1, 0.15) is 17.5 Å². The maximum absolute atomic E-state index is 2.39. The predicted molar refractivity (Wildman–Crippen MR) is 86.7 cm³/mol. The monoisotopic (exact) mass is 263 g/mol. The molecular formula is C19H21N. The van der Waals surface area contributed by atoms with E-state index >= 15 is 0 Å². The van der Waals surface area contributed by atoms with Crippen LogP contribution in [0.3, 0.4) is 0 Å². The van der Waals surface area contributed by atoms with E-state index in [1.807, 2.05) is 0 Å². The summed E-state index contributed by atoms with van der Waals surface area (Å²) in [5.74, 6) is 0. The molecule has 0 amide bonds. The van der Waals surface area contributed by atoms with Crippen LogP contribution in [0.15, 0.2) is 54.6 Å². The lowest BCUT2D eigenvalue weighted by Crippen LogP contribution is -2.16. The van der Waals surface area contributed by atoms with Gasteiger partial charge in [0.15, 0.2) is 0 Å². The van der Waals surface area contributed by atoms with Crippen molar-refractivity contribution in [3.63, 3.8) is 0 Å². The summed E-state index contributed by atoms with van der Waals surface area (Å²) in [5.41, 5.74) is 7.03. The van der Waals surface area contributed by atoms with E-state index in [1.54, 1.807) is 0 Å². The van der Waals surface area contributed by atoms with E-state index in [-0.39, 0.29) is 0 Å². The molecule has 1 aliphatic rings. The largest absolute Gasteiger partial charge is 0.305 e. The molecule has 0 aromatic heterocycles. The Kier molecular flexibility index (Phi) is 3.70. The van der Waals surface area contributed by atoms with Crippen molar-refractivity contribution >= 4 is 5.57 Å². The highest BCUT2D eigenvalue weighted by molar-refractivity contribution is 5.75. The van der Waals surface area contributed by atoms with Crippen molar-refractivity contribution in [2.45, 2.75) is 12.8 Å². The zero-order valence-corrected chi connectivity index (χ0v) is 12.3. The van der Waals surface area contributed by atoms with Gasteiger partial charge >= 0.3 is 0 Å². The van der Waals surface area contributed by atoms with E-state index in [0.29, 0.717) is 0 Å². The van der Waals surface area contributed by atoms with Gasteiger partial charge in [-0.05, 0) is 54.8 Å². The number of hydrogen-bond donors (Lipinski definition) is 0. The van der Waals surface area contributed by atoms with Crippen LogP contribution in [-0.4, -0.2) is 25.5 Å². The highest BCUT2D eigenvalue weighted by Crippen LogP contribution is 2.30. The number of aryl methyl sites for hydroxylation is 1. The van der Waals surface area contributed by atoms with E-state index < -0.39 is 0 Å². The Morgan fingerprint density at radius 2 is 1.75 bits per heavy atom. The summed E-state index contributed by atoms with van der Waals surface area (Å²) in [4.78, 5) is 2.24. The topological polar surface area (TPSA) is 3.24 Å². The molecule has 0 radical (unpaired) electrons. The van der Waals surface area contributed by atoms with E-state index in [2.05, 4.69) is 73.6 Å². The van der Waals surface area contributed by atoms with Crippen LogP contribution in [0, 0.1) is 0 Å². The molecule has 0 fully saturated rings. The Labute approximate surface area is 121 Å². The fraction of sp³-hybridized carbons (Fsp3) is 0.263. The van der Waals surface area contributed by atoms with Crippen LogP contribution < -0.4 is 0 Å². The van der Waals surface area contributed by atoms with Crippen molar-refractivity contribution in [1.29, 1.82) is 0 Å². The van der Waals surface area contributed by atoms with Crippen LogP contribution >= 0.6 is 0 Å². The van der Waals surface area contributed by atoms with Crippen LogP contribution in [-0.2, 0) is 6.42 Å². The molecule has 0 bridgehead atoms. The zero-order valence-electron chi connectivity index (χ0n) is 12.3. The van der Waals surface area contributed by atoms with Gasteiger partial charge in [-0.1, -0.05) is 54.6 Å². The minimum Gasteiger partial charge on any atom is -0.305 e. The molecule has 0 heterocycles. The summed E-state index contributed by atoms with van der Waals surface area (Å²) in [6, 6.07) is 17.6. The number of rotatable bonds is 3. The van der Waals surface area contributed by atoms with Crippen molar-refractivity contribution in [1.82, 2.24) is 4.90 Å². The first-order valence-electron chi connectivity index (χ1n) is 7.26. The molecule has 102 valence electrons. The Morgan fingerprint density at radius 3 is 2.50 bits per heavy atom. The van der Waals surface area contributed by atoms with Crippen molar-refractivity contribution in [2.75, 3.05) is 20.6 Å². The molecule has 2 aromatic rings. The zero-order chi connectivity index (χ0) is 13.9. The van der Waals surface area contributed by atoms with Gasteiger partial charge in [-0.2, -0.15) is 0 Å². The Hall–Kier alpha value is -1.86. The first kappa shape index (κ1) is 13.1. The number of fused-ring (bicyclic) bond motifs is 1. The number of likely N-dealkylation sites (N-methyl/N-ethyl adjacent to an activating group) is 1. The molecule has 2 aromatic carbocycles. The SMILES string of the molecule is CN(C)CC1=CCCc2cc(-c3ccccc3)ccc21. The molecule has 0 spiro atoms. The fourth-order valence-corrected chi connectivity index (χ4v) is 2.93. The van der Waals surface area contributed by atoms with Crippen LogP contribution in [0.5, 0.6) is 0 Å². The number of hydrogen-bond acceptors (Lipinski definition) is 1. The molecule has 1 heteroatoms. The highest BCUT2D eigenvalue weighted by Gasteiger charge is 2.13. The van der Waals surface area contributed by atoms with Gasteiger partial charge in [0.05, 0.1) is 0 Å². The normalized spacial score (nSPS) is 14.1. The number of nitrogens with zero attached hydrogens (tertiary/aromatic N) is 1. The summed E-state index contributed by atoms with van der Waals surface area (Å²) in [5, 5.41) is 0. The lowest BCUT2D eigenvalue weighted by atomic mass is 9.88. The minimum atomic E-state index is 1.03. The molecule has 0 aliphatic heterocycles. The third kappa shape index (κ3) is 2.68. The second-order valence-corrected chi connectivity index (χ2v) is 5.74. The van der Waals surface area contributed by atoms with Gasteiger partial charge in [0.25, 0.3) is 0 Å². The predicted octanol–water partition coefficient (Wildman–Crippen LogP) is 4.24. The molecule has 1 nitrogen and oxygen atoms in total. The maximum Gasteiger partial charge on any atom is 0.0230 e. The van der Waals surface area contributed by atoms with Crippen molar-refractivity contribution in [2.24, 2.45) is 0 Å². The summed E-state index contributed by atoms with van der Waals surface area (Å²) in [6.45, 7) is 1.03. The Bertz CT molecular complexity index is 623. The van der Waals surface area contributed by atoms with E-state index in [9.17, 15) is 0 Å². The Balaban J connectivity index is 1.96. The van der Waals surface area contributed by atoms with Crippen LogP contribution in [0.2, 0.25) is 0 Å². The summed E-state index contributed by atoms with van der Waals surface area (Å²) in [7, 11) is 4.26. The second kappa shape index (κ2) is 5.64. The molecule has 20 heavy (non-hydrogen) atoms. The highest BCUT2D eigenvalue weighted by atomic mass is 15.0. The smallest absolute Gasteiger partial charge is 0.0230 e. The van der Waals surface area contributed by atoms with Crippen molar-refractivity contribution < 1.29 is 0 Å². The first-order chi connectivity index (χ1) is 9.74. The average molecular weight is 263 g/mol. The second-order valence-electron chi connectivity index (χ2n) is 5.74. The van der Waals surface area contributed by atoms with E-state index in [0.717, 1.165) is 19.4 Å². The lowest BCUT2D eigenvalue weighted by Gasteiger charge is -2.21. The van der Waals surface area contributed by atoms with Gasteiger partial charge in [0.1, 0.15) is 0 Å². The van der Waals surface area contributed by atoms with Crippen LogP contribution in [0.25, 0.3) is 16.7 Å². The van der Waals surface area contributed by atoms with E-state index in [1.165, 1.54) is 27.8 Å². The first-order valence-corrected chi connectivity index (χ1v) is 7.26.